The fourth-order valence-corrected chi connectivity index (χ4v) is 4.64. The summed E-state index contributed by atoms with van der Waals surface area (Å²) < 4.78 is 0. The summed E-state index contributed by atoms with van der Waals surface area (Å²) in [5, 5.41) is 7.63. The van der Waals surface area contributed by atoms with Gasteiger partial charge in [-0.05, 0) is 96.3 Å². The standard InChI is InChI=1S/C21H42N2.H3N/c1-5-16(3)22-20-11-7-18(8-12-20)15-19-9-13-21(14-10-19)23-17(4)6-2;/h16-23H,5-15H2,1-4H3;1H3. The molecular formula is C21H45N3. The molecule has 0 saturated heterocycles. The van der Waals surface area contributed by atoms with E-state index in [1.807, 2.05) is 0 Å². The average Bonchev–Trinajstić information content (AvgIpc) is 2.58. The topological polar surface area (TPSA) is 59.1 Å². The van der Waals surface area contributed by atoms with Crippen LogP contribution < -0.4 is 16.8 Å². The molecule has 0 radical (unpaired) electrons. The molecule has 0 heterocycles. The molecule has 0 bridgehead atoms. The van der Waals surface area contributed by atoms with Gasteiger partial charge < -0.3 is 16.8 Å². The van der Waals surface area contributed by atoms with E-state index in [1.165, 1.54) is 70.6 Å². The first-order valence-corrected chi connectivity index (χ1v) is 10.6. The van der Waals surface area contributed by atoms with Gasteiger partial charge in [-0.3, -0.25) is 0 Å². The maximum Gasteiger partial charge on any atom is 0.00697 e. The molecular weight excluding hydrogens is 294 g/mol. The van der Waals surface area contributed by atoms with Crippen LogP contribution in [0.5, 0.6) is 0 Å². The van der Waals surface area contributed by atoms with Crippen LogP contribution in [0.15, 0.2) is 0 Å². The summed E-state index contributed by atoms with van der Waals surface area (Å²) in [5.74, 6) is 2.04. The van der Waals surface area contributed by atoms with Crippen molar-refractivity contribution in [1.29, 1.82) is 0 Å². The maximum absolute atomic E-state index is 3.81. The lowest BCUT2D eigenvalue weighted by Crippen LogP contribution is -2.40. The maximum atomic E-state index is 3.81. The van der Waals surface area contributed by atoms with Gasteiger partial charge in [-0.15, -0.1) is 0 Å². The summed E-state index contributed by atoms with van der Waals surface area (Å²) in [6.07, 6.45) is 15.6. The van der Waals surface area contributed by atoms with Crippen LogP contribution in [0, 0.1) is 11.8 Å². The van der Waals surface area contributed by atoms with Crippen molar-refractivity contribution in [2.45, 2.75) is 122 Å². The normalized spacial score (nSPS) is 33.5. The van der Waals surface area contributed by atoms with Crippen LogP contribution in [-0.2, 0) is 0 Å². The summed E-state index contributed by atoms with van der Waals surface area (Å²) >= 11 is 0. The van der Waals surface area contributed by atoms with Crippen molar-refractivity contribution < 1.29 is 0 Å². The van der Waals surface area contributed by atoms with Crippen molar-refractivity contribution in [2.75, 3.05) is 0 Å². The third-order valence-electron chi connectivity index (χ3n) is 6.63. The van der Waals surface area contributed by atoms with Gasteiger partial charge >= 0.3 is 0 Å². The fourth-order valence-electron chi connectivity index (χ4n) is 4.64. The fraction of sp³-hybridized carbons (Fsp3) is 1.00. The van der Waals surface area contributed by atoms with E-state index in [4.69, 9.17) is 0 Å². The Bertz CT molecular complexity index is 274. The van der Waals surface area contributed by atoms with E-state index in [-0.39, 0.29) is 6.15 Å². The molecule has 0 amide bonds. The summed E-state index contributed by atoms with van der Waals surface area (Å²) in [7, 11) is 0. The predicted molar refractivity (Wildman–Crippen MR) is 107 cm³/mol. The zero-order valence-corrected chi connectivity index (χ0v) is 16.9. The van der Waals surface area contributed by atoms with Crippen LogP contribution in [0.4, 0.5) is 0 Å². The molecule has 2 saturated carbocycles. The summed E-state index contributed by atoms with van der Waals surface area (Å²) in [6, 6.07) is 3.00. The summed E-state index contributed by atoms with van der Waals surface area (Å²) in [6.45, 7) is 9.24. The molecule has 3 heteroatoms. The first-order chi connectivity index (χ1) is 11.1. The Labute approximate surface area is 151 Å². The monoisotopic (exact) mass is 339 g/mol. The van der Waals surface area contributed by atoms with Crippen LogP contribution in [0.2, 0.25) is 0 Å². The van der Waals surface area contributed by atoms with Crippen molar-refractivity contribution in [3.63, 3.8) is 0 Å². The Morgan fingerprint density at radius 2 is 1.00 bits per heavy atom. The van der Waals surface area contributed by atoms with Gasteiger partial charge in [0.05, 0.1) is 0 Å². The number of nitrogens with one attached hydrogen (secondary N) is 2. The third-order valence-corrected chi connectivity index (χ3v) is 6.63. The summed E-state index contributed by atoms with van der Waals surface area (Å²) in [4.78, 5) is 0. The van der Waals surface area contributed by atoms with Crippen LogP contribution in [0.1, 0.15) is 98.3 Å². The number of hydrogen-bond donors (Lipinski definition) is 3. The van der Waals surface area contributed by atoms with E-state index < -0.39 is 0 Å². The number of rotatable bonds is 8. The minimum atomic E-state index is 0. The second kappa shape index (κ2) is 11.5. The zero-order valence-electron chi connectivity index (χ0n) is 16.9. The van der Waals surface area contributed by atoms with Crippen LogP contribution in [-0.4, -0.2) is 24.2 Å². The highest BCUT2D eigenvalue weighted by Crippen LogP contribution is 2.35. The van der Waals surface area contributed by atoms with Gasteiger partial charge in [0.15, 0.2) is 0 Å². The Kier molecular flexibility index (Phi) is 10.5. The molecule has 2 atom stereocenters. The van der Waals surface area contributed by atoms with Crippen molar-refractivity contribution in [3.8, 4) is 0 Å². The van der Waals surface area contributed by atoms with Crippen molar-refractivity contribution >= 4 is 0 Å². The third kappa shape index (κ3) is 7.41. The van der Waals surface area contributed by atoms with Crippen molar-refractivity contribution in [3.05, 3.63) is 0 Å². The minimum Gasteiger partial charge on any atom is -0.344 e. The minimum absolute atomic E-state index is 0. The molecule has 2 fully saturated rings. The molecule has 0 aromatic rings. The Morgan fingerprint density at radius 3 is 1.29 bits per heavy atom. The van der Waals surface area contributed by atoms with Gasteiger partial charge in [0, 0.05) is 24.2 Å². The molecule has 2 aliphatic rings. The van der Waals surface area contributed by atoms with Gasteiger partial charge in [0.1, 0.15) is 0 Å². The number of hydrogen-bond acceptors (Lipinski definition) is 3. The SMILES string of the molecule is CCC(C)NC1CCC(CC2CCC(NC(C)CC)CC2)CC1.N. The first-order valence-electron chi connectivity index (χ1n) is 10.6. The van der Waals surface area contributed by atoms with Crippen molar-refractivity contribution in [1.82, 2.24) is 16.8 Å². The van der Waals surface area contributed by atoms with Gasteiger partial charge in [0.2, 0.25) is 0 Å². The van der Waals surface area contributed by atoms with E-state index >= 15 is 0 Å². The highest BCUT2D eigenvalue weighted by atomic mass is 14.9. The molecule has 2 aliphatic carbocycles. The van der Waals surface area contributed by atoms with Gasteiger partial charge in [0.25, 0.3) is 0 Å². The van der Waals surface area contributed by atoms with Crippen LogP contribution in [0.25, 0.3) is 0 Å². The molecule has 0 aliphatic heterocycles. The molecule has 2 rings (SSSR count). The average molecular weight is 340 g/mol. The Morgan fingerprint density at radius 1 is 0.667 bits per heavy atom. The molecule has 5 N–H and O–H groups in total. The van der Waals surface area contributed by atoms with Crippen molar-refractivity contribution in [2.24, 2.45) is 11.8 Å². The zero-order chi connectivity index (χ0) is 16.7. The molecule has 0 aromatic heterocycles. The molecule has 0 aromatic carbocycles. The molecule has 3 nitrogen and oxygen atoms in total. The Balaban J connectivity index is 0.00000288. The molecule has 2 unspecified atom stereocenters. The molecule has 0 spiro atoms. The van der Waals surface area contributed by atoms with E-state index in [0.717, 1.165) is 23.9 Å². The lowest BCUT2D eigenvalue weighted by atomic mass is 9.75. The second-order valence-electron chi connectivity index (χ2n) is 8.62. The lowest BCUT2D eigenvalue weighted by Gasteiger charge is -2.36. The van der Waals surface area contributed by atoms with Gasteiger partial charge in [-0.1, -0.05) is 13.8 Å². The quantitative estimate of drug-likeness (QED) is 0.552. The predicted octanol–water partition coefficient (Wildman–Crippen LogP) is 5.43. The Hall–Kier alpha value is -0.120. The first kappa shape index (κ1) is 21.9. The molecule has 144 valence electrons. The largest absolute Gasteiger partial charge is 0.344 e. The lowest BCUT2D eigenvalue weighted by molar-refractivity contribution is 0.199. The highest BCUT2D eigenvalue weighted by Gasteiger charge is 2.27. The van der Waals surface area contributed by atoms with Gasteiger partial charge in [-0.2, -0.15) is 0 Å². The van der Waals surface area contributed by atoms with Gasteiger partial charge in [-0.25, -0.2) is 0 Å². The van der Waals surface area contributed by atoms with Crippen LogP contribution >= 0.6 is 0 Å². The van der Waals surface area contributed by atoms with E-state index in [9.17, 15) is 0 Å². The van der Waals surface area contributed by atoms with E-state index in [1.54, 1.807) is 0 Å². The van der Waals surface area contributed by atoms with Crippen LogP contribution in [0.3, 0.4) is 0 Å². The smallest absolute Gasteiger partial charge is 0.00697 e. The van der Waals surface area contributed by atoms with E-state index in [0.29, 0.717) is 12.1 Å². The van der Waals surface area contributed by atoms with E-state index in [2.05, 4.69) is 38.3 Å². The summed E-state index contributed by atoms with van der Waals surface area (Å²) in [5.41, 5.74) is 0. The molecule has 24 heavy (non-hydrogen) atoms. The second-order valence-corrected chi connectivity index (χ2v) is 8.62. The highest BCUT2D eigenvalue weighted by molar-refractivity contribution is 4.83.